The van der Waals surface area contributed by atoms with Crippen LogP contribution in [-0.4, -0.2) is 60.8 Å². The molecule has 0 aromatic carbocycles. The van der Waals surface area contributed by atoms with Gasteiger partial charge in [-0.2, -0.15) is 0 Å². The van der Waals surface area contributed by atoms with Gasteiger partial charge in [0.05, 0.1) is 19.8 Å². The van der Waals surface area contributed by atoms with E-state index in [2.05, 4.69) is 30.5 Å². The summed E-state index contributed by atoms with van der Waals surface area (Å²) in [5.74, 6) is -0.968. The fraction of sp³-hybridized carbons (Fsp3) is 0.889. The molecule has 2 N–H and O–H groups in total. The second-order valence-corrected chi connectivity index (χ2v) is 14.0. The minimum atomic E-state index is -4.85. The van der Waals surface area contributed by atoms with Crippen LogP contribution in [0.2, 0.25) is 0 Å². The van der Waals surface area contributed by atoms with Gasteiger partial charge in [-0.15, -0.1) is 0 Å². The maximum atomic E-state index is 12.5. The van der Waals surface area contributed by atoms with Crippen LogP contribution in [0.25, 0.3) is 0 Å². The molecule has 0 saturated heterocycles. The third kappa shape index (κ3) is 33.0. The zero-order valence-electron chi connectivity index (χ0n) is 29.7. The average molecular weight is 692 g/mol. The number of carbonyl (C=O) groups excluding carboxylic acids is 2. The van der Waals surface area contributed by atoms with Gasteiger partial charge in [0.1, 0.15) is 12.7 Å². The van der Waals surface area contributed by atoms with Crippen molar-refractivity contribution in [1.29, 1.82) is 0 Å². The highest BCUT2D eigenvalue weighted by Crippen LogP contribution is 2.38. The molecule has 0 spiro atoms. The van der Waals surface area contributed by atoms with Crippen molar-refractivity contribution in [2.75, 3.05) is 26.4 Å². The van der Waals surface area contributed by atoms with Crippen molar-refractivity contribution in [3.05, 3.63) is 12.2 Å². The minimum absolute atomic E-state index is 0.162. The van der Waals surface area contributed by atoms with E-state index in [4.69, 9.17) is 19.1 Å². The van der Waals surface area contributed by atoms with Gasteiger partial charge in [-0.1, -0.05) is 129 Å². The van der Waals surface area contributed by atoms with Gasteiger partial charge in [0.15, 0.2) is 6.10 Å². The molecule has 0 aliphatic rings. The third-order valence-electron chi connectivity index (χ3n) is 7.91. The number of carbonyl (C=O) groups is 2. The molecule has 0 radical (unpaired) electrons. The molecule has 11 heteroatoms. The van der Waals surface area contributed by atoms with Crippen LogP contribution in [0, 0.1) is 0 Å². The van der Waals surface area contributed by atoms with E-state index < -0.39 is 51.8 Å². The number of aliphatic hydroxyl groups excluding tert-OH is 2. The Balaban J connectivity index is 4.39. The van der Waals surface area contributed by atoms with Gasteiger partial charge in [-0.3, -0.25) is 14.2 Å². The molecule has 47 heavy (non-hydrogen) atoms. The van der Waals surface area contributed by atoms with Crippen LogP contribution < -0.4 is 4.89 Å². The average Bonchev–Trinajstić information content (AvgIpc) is 3.05. The molecule has 0 heterocycles. The number of esters is 2. The zero-order valence-corrected chi connectivity index (χ0v) is 30.6. The van der Waals surface area contributed by atoms with Crippen LogP contribution in [0.3, 0.4) is 0 Å². The van der Waals surface area contributed by atoms with Crippen LogP contribution in [0.5, 0.6) is 0 Å². The molecule has 0 aromatic rings. The van der Waals surface area contributed by atoms with Crippen molar-refractivity contribution in [1.82, 2.24) is 0 Å². The summed E-state index contributed by atoms with van der Waals surface area (Å²) in [4.78, 5) is 36.9. The lowest BCUT2D eigenvalue weighted by Crippen LogP contribution is -2.30. The molecular weight excluding hydrogens is 623 g/mol. The van der Waals surface area contributed by atoms with Crippen molar-refractivity contribution in [3.63, 3.8) is 0 Å². The first kappa shape index (κ1) is 45.7. The number of phosphoric acid groups is 1. The second kappa shape index (κ2) is 33.2. The Hall–Kier alpha value is -1.29. The summed E-state index contributed by atoms with van der Waals surface area (Å²) in [6.45, 7) is 2.15. The molecule has 0 amide bonds. The summed E-state index contributed by atoms with van der Waals surface area (Å²) in [6, 6.07) is 0. The molecule has 1 unspecified atom stereocenters. The maximum Gasteiger partial charge on any atom is 0.306 e. The van der Waals surface area contributed by atoms with E-state index in [1.807, 2.05) is 0 Å². The number of ether oxygens (including phenoxy) is 2. The summed E-state index contributed by atoms with van der Waals surface area (Å²) < 4.78 is 32.1. The van der Waals surface area contributed by atoms with Crippen molar-refractivity contribution in [2.24, 2.45) is 0 Å². The molecule has 10 nitrogen and oxygen atoms in total. The number of allylic oxidation sites excluding steroid dienone is 2. The minimum Gasteiger partial charge on any atom is -0.756 e. The maximum absolute atomic E-state index is 12.5. The monoisotopic (exact) mass is 691 g/mol. The normalized spacial score (nSPS) is 14.2. The summed E-state index contributed by atoms with van der Waals surface area (Å²) >= 11 is 0. The highest BCUT2D eigenvalue weighted by Gasteiger charge is 2.21. The summed E-state index contributed by atoms with van der Waals surface area (Å²) in [5, 5.41) is 18.2. The van der Waals surface area contributed by atoms with Crippen LogP contribution in [0.1, 0.15) is 168 Å². The van der Waals surface area contributed by atoms with Crippen molar-refractivity contribution in [2.45, 2.75) is 180 Å². The molecule has 278 valence electrons. The number of unbranched alkanes of at least 4 members (excludes halogenated alkanes) is 19. The van der Waals surface area contributed by atoms with E-state index in [1.165, 1.54) is 70.6 Å². The van der Waals surface area contributed by atoms with Gasteiger partial charge >= 0.3 is 11.9 Å². The lowest BCUT2D eigenvalue weighted by Gasteiger charge is -2.26. The van der Waals surface area contributed by atoms with Crippen molar-refractivity contribution < 1.29 is 47.8 Å². The van der Waals surface area contributed by atoms with Crippen molar-refractivity contribution in [3.8, 4) is 0 Å². The predicted molar refractivity (Wildman–Crippen MR) is 185 cm³/mol. The number of hydrogen-bond acceptors (Lipinski definition) is 10. The Morgan fingerprint density at radius 2 is 1.06 bits per heavy atom. The predicted octanol–water partition coefficient (Wildman–Crippen LogP) is 8.25. The fourth-order valence-electron chi connectivity index (χ4n) is 4.98. The molecule has 0 saturated carbocycles. The Labute approximate surface area is 286 Å². The highest BCUT2D eigenvalue weighted by atomic mass is 31.2. The summed E-state index contributed by atoms with van der Waals surface area (Å²) in [6.07, 6.45) is 27.3. The number of phosphoric ester groups is 1. The van der Waals surface area contributed by atoms with Gasteiger partial charge in [0.25, 0.3) is 7.82 Å². The zero-order chi connectivity index (χ0) is 34.9. The first-order valence-corrected chi connectivity index (χ1v) is 20.1. The SMILES string of the molecule is CCCCCC/C=C\CCCCCCCC(=O)O[C@H](COC(=O)CCCCCCCCCCCCC)COP(=O)([O-])OC[C@@H](O)CO. The molecule has 0 fully saturated rings. The molecule has 0 aliphatic carbocycles. The second-order valence-electron chi connectivity index (χ2n) is 12.6. The van der Waals surface area contributed by atoms with E-state index in [0.717, 1.165) is 57.8 Å². The lowest BCUT2D eigenvalue weighted by molar-refractivity contribution is -0.230. The molecule has 0 bridgehead atoms. The summed E-state index contributed by atoms with van der Waals surface area (Å²) in [7, 11) is -4.85. The van der Waals surface area contributed by atoms with E-state index in [9.17, 15) is 24.2 Å². The fourth-order valence-corrected chi connectivity index (χ4v) is 5.76. The highest BCUT2D eigenvalue weighted by molar-refractivity contribution is 7.45. The number of rotatable bonds is 35. The standard InChI is InChI=1S/C36H69O10P/c1-3-5-7-9-11-13-15-16-18-20-22-24-26-28-36(40)46-34(32-45-47(41,42)44-30-33(38)29-37)31-43-35(39)27-25-23-21-19-17-14-12-10-8-6-4-2/h13,15,33-34,37-38H,3-12,14,16-32H2,1-2H3,(H,41,42)/p-1/b15-13-/t33-,34+/m0/s1. The molecule has 3 atom stereocenters. The molecular formula is C36H68O10P-. The van der Waals surface area contributed by atoms with Crippen LogP contribution in [0.4, 0.5) is 0 Å². The van der Waals surface area contributed by atoms with E-state index >= 15 is 0 Å². The first-order chi connectivity index (χ1) is 22.7. The first-order valence-electron chi connectivity index (χ1n) is 18.6. The van der Waals surface area contributed by atoms with Gasteiger partial charge in [0, 0.05) is 12.8 Å². The number of hydrogen-bond donors (Lipinski definition) is 2. The van der Waals surface area contributed by atoms with Crippen LogP contribution in [0.15, 0.2) is 12.2 Å². The lowest BCUT2D eigenvalue weighted by atomic mass is 10.1. The Bertz CT molecular complexity index is 807. The smallest absolute Gasteiger partial charge is 0.306 e. The van der Waals surface area contributed by atoms with E-state index in [1.54, 1.807) is 0 Å². The topological polar surface area (TPSA) is 152 Å². The van der Waals surface area contributed by atoms with Gasteiger partial charge in [-0.25, -0.2) is 0 Å². The Kier molecular flexibility index (Phi) is 32.3. The Morgan fingerprint density at radius 1 is 0.638 bits per heavy atom. The third-order valence-corrected chi connectivity index (χ3v) is 8.84. The van der Waals surface area contributed by atoms with Gasteiger partial charge < -0.3 is 33.6 Å². The molecule has 0 aromatic heterocycles. The summed E-state index contributed by atoms with van der Waals surface area (Å²) in [5.41, 5.74) is 0. The largest absolute Gasteiger partial charge is 0.756 e. The number of aliphatic hydroxyl groups is 2. The van der Waals surface area contributed by atoms with E-state index in [-0.39, 0.29) is 19.4 Å². The molecule has 0 aliphatic heterocycles. The molecule has 0 rings (SSSR count). The van der Waals surface area contributed by atoms with E-state index in [0.29, 0.717) is 12.8 Å². The van der Waals surface area contributed by atoms with Crippen molar-refractivity contribution >= 4 is 19.8 Å². The van der Waals surface area contributed by atoms with Gasteiger partial charge in [0.2, 0.25) is 0 Å². The van der Waals surface area contributed by atoms with Crippen LogP contribution in [-0.2, 0) is 32.7 Å². The van der Waals surface area contributed by atoms with Gasteiger partial charge in [-0.05, 0) is 38.5 Å². The quantitative estimate of drug-likeness (QED) is 0.0288. The van der Waals surface area contributed by atoms with Crippen LogP contribution >= 0.6 is 7.82 Å². The Morgan fingerprint density at radius 3 is 1.57 bits per heavy atom.